The number of nitriles is 1. The molecule has 1 unspecified atom stereocenters. The van der Waals surface area contributed by atoms with Crippen molar-refractivity contribution in [2.75, 3.05) is 19.6 Å². The van der Waals surface area contributed by atoms with Crippen molar-refractivity contribution in [3.05, 3.63) is 35.4 Å². The van der Waals surface area contributed by atoms with Crippen LogP contribution in [0.15, 0.2) is 24.3 Å². The van der Waals surface area contributed by atoms with E-state index in [0.29, 0.717) is 17.7 Å². The summed E-state index contributed by atoms with van der Waals surface area (Å²) in [5, 5.41) is 8.79. The predicted molar refractivity (Wildman–Crippen MR) is 84.1 cm³/mol. The fourth-order valence-electron chi connectivity index (χ4n) is 3.03. The number of benzene rings is 1. The number of likely N-dealkylation sites (tertiary alicyclic amines) is 1. The first kappa shape index (κ1) is 15.7. The summed E-state index contributed by atoms with van der Waals surface area (Å²) in [6.07, 6.45) is 3.65. The monoisotopic (exact) mass is 284 g/mol. The normalized spacial score (nSPS) is 20.0. The molecule has 0 amide bonds. The summed E-state index contributed by atoms with van der Waals surface area (Å²) in [6, 6.07) is 9.02. The van der Waals surface area contributed by atoms with E-state index in [-0.39, 0.29) is 5.78 Å². The highest BCUT2D eigenvalue weighted by molar-refractivity contribution is 5.97. The van der Waals surface area contributed by atoms with Crippen LogP contribution in [0, 0.1) is 23.2 Å². The molecule has 3 heteroatoms. The maximum Gasteiger partial charge on any atom is 0.176 e. The second-order valence-electron chi connectivity index (χ2n) is 6.32. The Balaban J connectivity index is 1.91. The quantitative estimate of drug-likeness (QED) is 0.795. The van der Waals surface area contributed by atoms with E-state index >= 15 is 0 Å². The first-order valence-corrected chi connectivity index (χ1v) is 7.86. The second-order valence-corrected chi connectivity index (χ2v) is 6.32. The molecule has 1 aliphatic heterocycles. The van der Waals surface area contributed by atoms with Crippen LogP contribution in [0.5, 0.6) is 0 Å². The third-order valence-electron chi connectivity index (χ3n) is 4.51. The van der Waals surface area contributed by atoms with Gasteiger partial charge in [0.05, 0.1) is 18.2 Å². The molecule has 0 N–H and O–H groups in total. The maximum absolute atomic E-state index is 12.3. The van der Waals surface area contributed by atoms with Gasteiger partial charge in [-0.2, -0.15) is 5.26 Å². The number of ketones is 1. The van der Waals surface area contributed by atoms with Crippen LogP contribution in [-0.2, 0) is 0 Å². The number of carbonyl (C=O) groups excluding carboxylic acids is 1. The Kier molecular flexibility index (Phi) is 5.52. The van der Waals surface area contributed by atoms with Crippen LogP contribution in [0.1, 0.15) is 49.0 Å². The van der Waals surface area contributed by atoms with Gasteiger partial charge in [-0.25, -0.2) is 0 Å². The van der Waals surface area contributed by atoms with Crippen molar-refractivity contribution in [1.29, 1.82) is 5.26 Å². The minimum absolute atomic E-state index is 0.155. The van der Waals surface area contributed by atoms with E-state index in [4.69, 9.17) is 5.26 Å². The minimum Gasteiger partial charge on any atom is -0.296 e. The number of carbonyl (C=O) groups is 1. The lowest BCUT2D eigenvalue weighted by atomic mass is 9.89. The molecule has 1 aromatic rings. The smallest absolute Gasteiger partial charge is 0.176 e. The standard InChI is InChI=1S/C18H24N2O/c1-14(2)16-4-3-10-20(11-9-16)13-18(21)17-7-5-15(12-19)6-8-17/h5-8,14,16H,3-4,9-11,13H2,1-2H3. The molecule has 2 rings (SSSR count). The van der Waals surface area contributed by atoms with Gasteiger partial charge in [-0.3, -0.25) is 9.69 Å². The summed E-state index contributed by atoms with van der Waals surface area (Å²) in [4.78, 5) is 14.6. The SMILES string of the molecule is CC(C)C1CCCN(CC(=O)c2ccc(C#N)cc2)CC1. The number of rotatable bonds is 4. The van der Waals surface area contributed by atoms with Crippen LogP contribution in [0.2, 0.25) is 0 Å². The molecular formula is C18H24N2O. The molecular weight excluding hydrogens is 260 g/mol. The highest BCUT2D eigenvalue weighted by Crippen LogP contribution is 2.24. The Hall–Kier alpha value is -1.66. The fraction of sp³-hybridized carbons (Fsp3) is 0.556. The van der Waals surface area contributed by atoms with E-state index in [1.807, 2.05) is 0 Å². The van der Waals surface area contributed by atoms with E-state index in [0.717, 1.165) is 24.9 Å². The molecule has 3 nitrogen and oxygen atoms in total. The lowest BCUT2D eigenvalue weighted by Gasteiger charge is -2.20. The Bertz CT molecular complexity index is 513. The zero-order valence-electron chi connectivity index (χ0n) is 13.0. The maximum atomic E-state index is 12.3. The van der Waals surface area contributed by atoms with E-state index in [2.05, 4.69) is 24.8 Å². The van der Waals surface area contributed by atoms with Gasteiger partial charge in [-0.15, -0.1) is 0 Å². The van der Waals surface area contributed by atoms with Crippen molar-refractivity contribution in [3.63, 3.8) is 0 Å². The summed E-state index contributed by atoms with van der Waals surface area (Å²) in [5.74, 6) is 1.68. The topological polar surface area (TPSA) is 44.1 Å². The molecule has 21 heavy (non-hydrogen) atoms. The van der Waals surface area contributed by atoms with Gasteiger partial charge in [0, 0.05) is 5.56 Å². The van der Waals surface area contributed by atoms with Gasteiger partial charge in [-0.1, -0.05) is 26.0 Å². The van der Waals surface area contributed by atoms with Gasteiger partial charge in [-0.05, 0) is 56.3 Å². The third-order valence-corrected chi connectivity index (χ3v) is 4.51. The van der Waals surface area contributed by atoms with Crippen LogP contribution in [0.25, 0.3) is 0 Å². The molecule has 1 saturated heterocycles. The first-order valence-electron chi connectivity index (χ1n) is 7.86. The van der Waals surface area contributed by atoms with Crippen molar-refractivity contribution < 1.29 is 4.79 Å². The summed E-state index contributed by atoms with van der Waals surface area (Å²) in [7, 11) is 0. The largest absolute Gasteiger partial charge is 0.296 e. The second kappa shape index (κ2) is 7.38. The zero-order valence-corrected chi connectivity index (χ0v) is 13.0. The zero-order chi connectivity index (χ0) is 15.2. The molecule has 0 aromatic heterocycles. The van der Waals surface area contributed by atoms with E-state index < -0.39 is 0 Å². The fourth-order valence-corrected chi connectivity index (χ4v) is 3.03. The summed E-state index contributed by atoms with van der Waals surface area (Å²) in [5.41, 5.74) is 1.31. The van der Waals surface area contributed by atoms with E-state index in [1.165, 1.54) is 19.3 Å². The van der Waals surface area contributed by atoms with Crippen molar-refractivity contribution in [2.24, 2.45) is 11.8 Å². The van der Waals surface area contributed by atoms with Gasteiger partial charge in [0.25, 0.3) is 0 Å². The molecule has 0 bridgehead atoms. The molecule has 0 aliphatic carbocycles. The molecule has 1 atom stereocenters. The molecule has 0 saturated carbocycles. The van der Waals surface area contributed by atoms with Crippen LogP contribution in [0.3, 0.4) is 0 Å². The Labute approximate surface area is 127 Å². The highest BCUT2D eigenvalue weighted by Gasteiger charge is 2.21. The minimum atomic E-state index is 0.155. The van der Waals surface area contributed by atoms with Gasteiger partial charge in [0.2, 0.25) is 0 Å². The summed E-state index contributed by atoms with van der Waals surface area (Å²) >= 11 is 0. The average molecular weight is 284 g/mol. The van der Waals surface area contributed by atoms with Gasteiger partial charge >= 0.3 is 0 Å². The van der Waals surface area contributed by atoms with Crippen molar-refractivity contribution in [1.82, 2.24) is 4.90 Å². The average Bonchev–Trinajstić information content (AvgIpc) is 2.73. The van der Waals surface area contributed by atoms with Crippen molar-refractivity contribution >= 4 is 5.78 Å². The van der Waals surface area contributed by atoms with Crippen LogP contribution < -0.4 is 0 Å². The first-order chi connectivity index (χ1) is 10.1. The molecule has 1 fully saturated rings. The van der Waals surface area contributed by atoms with Gasteiger partial charge < -0.3 is 0 Å². The third kappa shape index (κ3) is 4.41. The highest BCUT2D eigenvalue weighted by atomic mass is 16.1. The number of hydrogen-bond donors (Lipinski definition) is 0. The molecule has 1 aromatic carbocycles. The molecule has 1 aliphatic rings. The van der Waals surface area contributed by atoms with Crippen LogP contribution in [-0.4, -0.2) is 30.3 Å². The van der Waals surface area contributed by atoms with E-state index in [1.54, 1.807) is 24.3 Å². The molecule has 0 spiro atoms. The Morgan fingerprint density at radius 2 is 2.00 bits per heavy atom. The molecule has 0 radical (unpaired) electrons. The van der Waals surface area contributed by atoms with Crippen LogP contribution in [0.4, 0.5) is 0 Å². The van der Waals surface area contributed by atoms with Crippen molar-refractivity contribution in [2.45, 2.75) is 33.1 Å². The molecule has 112 valence electrons. The number of Topliss-reactive ketones (excluding diaryl/α,β-unsaturated/α-hetero) is 1. The number of hydrogen-bond acceptors (Lipinski definition) is 3. The predicted octanol–water partition coefficient (Wildman–Crippen LogP) is 3.50. The van der Waals surface area contributed by atoms with Crippen molar-refractivity contribution in [3.8, 4) is 6.07 Å². The van der Waals surface area contributed by atoms with Gasteiger partial charge in [0.1, 0.15) is 0 Å². The summed E-state index contributed by atoms with van der Waals surface area (Å²) < 4.78 is 0. The van der Waals surface area contributed by atoms with Crippen LogP contribution >= 0.6 is 0 Å². The lowest BCUT2D eigenvalue weighted by Crippen LogP contribution is -2.31. The number of nitrogens with zero attached hydrogens (tertiary/aromatic N) is 2. The Morgan fingerprint density at radius 3 is 2.62 bits per heavy atom. The molecule has 1 heterocycles. The lowest BCUT2D eigenvalue weighted by molar-refractivity contribution is 0.0932. The van der Waals surface area contributed by atoms with Gasteiger partial charge in [0.15, 0.2) is 5.78 Å². The Morgan fingerprint density at radius 1 is 1.29 bits per heavy atom. The van der Waals surface area contributed by atoms with E-state index in [9.17, 15) is 4.79 Å². The summed E-state index contributed by atoms with van der Waals surface area (Å²) in [6.45, 7) is 7.12.